The molecule has 1 atom stereocenters. The van der Waals surface area contributed by atoms with Crippen LogP contribution in [0.4, 0.5) is 5.69 Å². The van der Waals surface area contributed by atoms with Crippen molar-refractivity contribution in [3.05, 3.63) is 96.1 Å². The van der Waals surface area contributed by atoms with E-state index in [9.17, 15) is 4.79 Å². The van der Waals surface area contributed by atoms with Crippen LogP contribution < -0.4 is 10.1 Å². The van der Waals surface area contributed by atoms with Gasteiger partial charge in [0.25, 0.3) is 0 Å². The molecule has 4 rings (SSSR count). The van der Waals surface area contributed by atoms with Crippen LogP contribution in [0.15, 0.2) is 89.8 Å². The summed E-state index contributed by atoms with van der Waals surface area (Å²) in [5.74, 6) is 0.281. The Balaban J connectivity index is 1.59. The lowest BCUT2D eigenvalue weighted by molar-refractivity contribution is -0.133. The van der Waals surface area contributed by atoms with Gasteiger partial charge >= 0.3 is 5.97 Å². The third-order valence-electron chi connectivity index (χ3n) is 4.98. The van der Waals surface area contributed by atoms with Crippen molar-refractivity contribution < 1.29 is 9.53 Å². The molecule has 1 N–H and O–H groups in total. The van der Waals surface area contributed by atoms with Crippen LogP contribution >= 0.6 is 11.8 Å². The summed E-state index contributed by atoms with van der Waals surface area (Å²) >= 11 is 1.50. The molecule has 3 aromatic carbocycles. The van der Waals surface area contributed by atoms with E-state index < -0.39 is 5.25 Å². The van der Waals surface area contributed by atoms with Gasteiger partial charge in [0.05, 0.1) is 5.54 Å². The van der Waals surface area contributed by atoms with E-state index >= 15 is 0 Å². The van der Waals surface area contributed by atoms with Gasteiger partial charge < -0.3 is 10.1 Å². The molecule has 0 aliphatic carbocycles. The Morgan fingerprint density at radius 2 is 1.63 bits per heavy atom. The van der Waals surface area contributed by atoms with Crippen LogP contribution in [0.5, 0.6) is 5.75 Å². The zero-order valence-electron chi connectivity index (χ0n) is 17.4. The van der Waals surface area contributed by atoms with Crippen LogP contribution in [0.2, 0.25) is 0 Å². The molecule has 30 heavy (non-hydrogen) atoms. The van der Waals surface area contributed by atoms with Gasteiger partial charge in [0, 0.05) is 16.1 Å². The second-order valence-corrected chi connectivity index (χ2v) is 9.20. The molecule has 3 nitrogen and oxygen atoms in total. The number of carbonyl (C=O) groups is 1. The van der Waals surface area contributed by atoms with Gasteiger partial charge in [-0.15, -0.1) is 11.8 Å². The van der Waals surface area contributed by atoms with Crippen LogP contribution in [-0.2, 0) is 4.79 Å². The molecule has 0 fully saturated rings. The topological polar surface area (TPSA) is 38.3 Å². The number of hydrogen-bond donors (Lipinski definition) is 1. The average Bonchev–Trinajstić information content (AvgIpc) is 2.73. The second kappa shape index (κ2) is 8.41. The van der Waals surface area contributed by atoms with E-state index in [1.54, 1.807) is 0 Å². The second-order valence-electron chi connectivity index (χ2n) is 8.02. The first-order valence-electron chi connectivity index (χ1n) is 10.0. The van der Waals surface area contributed by atoms with Crippen molar-refractivity contribution in [1.29, 1.82) is 0 Å². The molecule has 3 aromatic rings. The zero-order chi connectivity index (χ0) is 21.1. The number of ether oxygens (including phenoxy) is 1. The van der Waals surface area contributed by atoms with Gasteiger partial charge in [-0.25, -0.2) is 0 Å². The number of fused-ring (bicyclic) bond motifs is 1. The van der Waals surface area contributed by atoms with Crippen molar-refractivity contribution in [2.75, 3.05) is 5.32 Å². The lowest BCUT2D eigenvalue weighted by Gasteiger charge is -2.31. The third kappa shape index (κ3) is 4.60. The number of allylic oxidation sites excluding steroid dienone is 1. The fraction of sp³-hybridized carbons (Fsp3) is 0.192. The quantitative estimate of drug-likeness (QED) is 0.285. The van der Waals surface area contributed by atoms with E-state index in [1.165, 1.54) is 17.3 Å². The summed E-state index contributed by atoms with van der Waals surface area (Å²) in [6.45, 7) is 6.36. The first-order chi connectivity index (χ1) is 14.4. The minimum atomic E-state index is -0.446. The van der Waals surface area contributed by atoms with Crippen molar-refractivity contribution in [3.8, 4) is 5.75 Å². The number of hydrogen-bond acceptors (Lipinski definition) is 4. The van der Waals surface area contributed by atoms with Crippen LogP contribution in [0, 0.1) is 0 Å². The summed E-state index contributed by atoms with van der Waals surface area (Å²) in [7, 11) is 0. The Bertz CT molecular complexity index is 1070. The maximum Gasteiger partial charge on any atom is 0.329 e. The number of nitrogens with one attached hydrogen (secondary N) is 1. The minimum absolute atomic E-state index is 0.0972. The molecular formula is C26H25NO2S. The van der Waals surface area contributed by atoms with Crippen LogP contribution in [0.25, 0.3) is 5.57 Å². The number of carbonyl (C=O) groups excluding carboxylic acids is 1. The van der Waals surface area contributed by atoms with Gasteiger partial charge in [-0.1, -0.05) is 54.6 Å². The molecule has 0 radical (unpaired) electrons. The lowest BCUT2D eigenvalue weighted by Crippen LogP contribution is -2.31. The Morgan fingerprint density at radius 1 is 0.967 bits per heavy atom. The fourth-order valence-electron chi connectivity index (χ4n) is 3.71. The monoisotopic (exact) mass is 415 g/mol. The van der Waals surface area contributed by atoms with Crippen molar-refractivity contribution in [2.24, 2.45) is 0 Å². The molecule has 0 bridgehead atoms. The normalized spacial score (nSPS) is 15.4. The maximum atomic E-state index is 13.2. The molecule has 1 aliphatic heterocycles. The molecule has 4 heteroatoms. The molecular weight excluding hydrogens is 390 g/mol. The summed E-state index contributed by atoms with van der Waals surface area (Å²) in [5.41, 5.74) is 4.11. The highest BCUT2D eigenvalue weighted by molar-refractivity contribution is 8.00. The van der Waals surface area contributed by atoms with Crippen LogP contribution in [0.1, 0.15) is 37.1 Å². The Kier molecular flexibility index (Phi) is 5.69. The maximum absolute atomic E-state index is 13.2. The highest BCUT2D eigenvalue weighted by atomic mass is 32.2. The summed E-state index contributed by atoms with van der Waals surface area (Å²) in [6, 6.07) is 25.5. The van der Waals surface area contributed by atoms with Crippen molar-refractivity contribution in [2.45, 2.75) is 36.5 Å². The Hall–Kier alpha value is -2.98. The molecule has 1 aliphatic rings. The molecule has 0 aromatic heterocycles. The zero-order valence-corrected chi connectivity index (χ0v) is 18.2. The Labute approximate surface area is 182 Å². The van der Waals surface area contributed by atoms with Crippen molar-refractivity contribution >= 4 is 29.0 Å². The molecule has 1 unspecified atom stereocenters. The number of esters is 1. The smallest absolute Gasteiger partial charge is 0.329 e. The van der Waals surface area contributed by atoms with E-state index in [0.717, 1.165) is 21.7 Å². The van der Waals surface area contributed by atoms with Gasteiger partial charge in [-0.05, 0) is 62.2 Å². The minimum Gasteiger partial charge on any atom is -0.425 e. The first-order valence-corrected chi connectivity index (χ1v) is 10.9. The van der Waals surface area contributed by atoms with Gasteiger partial charge in [-0.2, -0.15) is 0 Å². The standard InChI is InChI=1S/C26H25NO2S/c1-18-17-26(2,3)27-23-15-14-20(16-22(18)23)29-25(28)24(19-10-6-4-7-11-19)30-21-12-8-5-9-13-21/h4-17,24,27H,1-3H3. The molecule has 0 amide bonds. The largest absolute Gasteiger partial charge is 0.425 e. The summed E-state index contributed by atoms with van der Waals surface area (Å²) in [6.07, 6.45) is 2.19. The van der Waals surface area contributed by atoms with E-state index in [2.05, 4.69) is 32.2 Å². The highest BCUT2D eigenvalue weighted by Crippen LogP contribution is 2.38. The lowest BCUT2D eigenvalue weighted by atomic mass is 9.91. The predicted molar refractivity (Wildman–Crippen MR) is 125 cm³/mol. The van der Waals surface area contributed by atoms with Gasteiger partial charge in [0.2, 0.25) is 0 Å². The third-order valence-corrected chi connectivity index (χ3v) is 6.23. The van der Waals surface area contributed by atoms with Crippen molar-refractivity contribution in [3.63, 3.8) is 0 Å². The number of thioether (sulfide) groups is 1. The molecule has 0 spiro atoms. The highest BCUT2D eigenvalue weighted by Gasteiger charge is 2.26. The van der Waals surface area contributed by atoms with Crippen LogP contribution in [0.3, 0.4) is 0 Å². The summed E-state index contributed by atoms with van der Waals surface area (Å²) < 4.78 is 5.85. The number of benzene rings is 3. The van der Waals surface area contributed by atoms with E-state index in [4.69, 9.17) is 4.74 Å². The predicted octanol–water partition coefficient (Wildman–Crippen LogP) is 6.73. The molecule has 1 heterocycles. The van der Waals surface area contributed by atoms with E-state index in [1.807, 2.05) is 78.9 Å². The van der Waals surface area contributed by atoms with Gasteiger partial charge in [0.15, 0.2) is 0 Å². The Morgan fingerprint density at radius 3 is 2.33 bits per heavy atom. The molecule has 0 saturated heterocycles. The summed E-state index contributed by atoms with van der Waals surface area (Å²) in [5, 5.41) is 3.06. The van der Waals surface area contributed by atoms with E-state index in [0.29, 0.717) is 5.75 Å². The SMILES string of the molecule is CC1=CC(C)(C)Nc2ccc(OC(=O)C(Sc3ccccc3)c3ccccc3)cc21. The molecule has 0 saturated carbocycles. The first kappa shape index (κ1) is 20.3. The van der Waals surface area contributed by atoms with Gasteiger partial charge in [-0.3, -0.25) is 4.79 Å². The number of rotatable bonds is 5. The average molecular weight is 416 g/mol. The van der Waals surface area contributed by atoms with E-state index in [-0.39, 0.29) is 11.5 Å². The van der Waals surface area contributed by atoms with Gasteiger partial charge in [0.1, 0.15) is 11.0 Å². The molecule has 152 valence electrons. The van der Waals surface area contributed by atoms with Crippen molar-refractivity contribution in [1.82, 2.24) is 0 Å². The van der Waals surface area contributed by atoms with Crippen LogP contribution in [-0.4, -0.2) is 11.5 Å². The number of anilines is 1. The fourth-order valence-corrected chi connectivity index (χ4v) is 4.73. The summed E-state index contributed by atoms with van der Waals surface area (Å²) in [4.78, 5) is 14.2.